The minimum absolute atomic E-state index is 0.0639. The van der Waals surface area contributed by atoms with E-state index in [2.05, 4.69) is 25.2 Å². The summed E-state index contributed by atoms with van der Waals surface area (Å²) in [6, 6.07) is 11.5. The summed E-state index contributed by atoms with van der Waals surface area (Å²) >= 11 is 6.14. The van der Waals surface area contributed by atoms with Crippen LogP contribution in [0.15, 0.2) is 36.4 Å². The smallest absolute Gasteiger partial charge is 0.128 e. The molecule has 1 unspecified atom stereocenters. The van der Waals surface area contributed by atoms with Crippen LogP contribution in [0.25, 0.3) is 0 Å². The first-order valence-electron chi connectivity index (χ1n) is 7.18. The van der Waals surface area contributed by atoms with Crippen molar-refractivity contribution in [3.05, 3.63) is 63.9 Å². The average Bonchev–Trinajstić information content (AvgIpc) is 2.65. The lowest BCUT2D eigenvalue weighted by molar-refractivity contribution is 0.337. The van der Waals surface area contributed by atoms with Crippen molar-refractivity contribution in [2.45, 2.75) is 33.2 Å². The van der Waals surface area contributed by atoms with E-state index in [1.165, 1.54) is 11.1 Å². The molecule has 1 N–H and O–H groups in total. The van der Waals surface area contributed by atoms with Crippen molar-refractivity contribution in [2.75, 3.05) is 5.32 Å². The number of anilines is 1. The molecule has 0 spiro atoms. The fourth-order valence-electron chi connectivity index (χ4n) is 3.13. The van der Waals surface area contributed by atoms with Crippen molar-refractivity contribution in [3.63, 3.8) is 0 Å². The maximum absolute atomic E-state index is 13.7. The highest BCUT2D eigenvalue weighted by molar-refractivity contribution is 6.30. The van der Waals surface area contributed by atoms with Gasteiger partial charge in [-0.05, 0) is 59.7 Å². The van der Waals surface area contributed by atoms with Gasteiger partial charge in [0.2, 0.25) is 0 Å². The lowest BCUT2D eigenvalue weighted by Gasteiger charge is -2.29. The summed E-state index contributed by atoms with van der Waals surface area (Å²) in [6.07, 6.45) is 0.992. The Balaban J connectivity index is 1.97. The minimum Gasteiger partial charge on any atom is -0.378 e. The topological polar surface area (TPSA) is 12.0 Å². The molecule has 3 rings (SSSR count). The second-order valence-electron chi connectivity index (χ2n) is 6.55. The van der Waals surface area contributed by atoms with E-state index in [4.69, 9.17) is 11.6 Å². The highest BCUT2D eigenvalue weighted by Crippen LogP contribution is 2.47. The van der Waals surface area contributed by atoms with E-state index in [1.807, 2.05) is 18.2 Å². The van der Waals surface area contributed by atoms with Gasteiger partial charge in [0, 0.05) is 10.7 Å². The number of benzene rings is 2. The van der Waals surface area contributed by atoms with Crippen molar-refractivity contribution < 1.29 is 4.39 Å². The van der Waals surface area contributed by atoms with Crippen LogP contribution >= 0.6 is 11.6 Å². The second kappa shape index (κ2) is 5.03. The van der Waals surface area contributed by atoms with E-state index in [1.54, 1.807) is 19.1 Å². The summed E-state index contributed by atoms with van der Waals surface area (Å²) in [5, 5.41) is 4.23. The van der Waals surface area contributed by atoms with E-state index in [9.17, 15) is 4.39 Å². The van der Waals surface area contributed by atoms with Gasteiger partial charge in [0.25, 0.3) is 0 Å². The normalized spacial score (nSPS) is 19.4. The van der Waals surface area contributed by atoms with Gasteiger partial charge in [-0.15, -0.1) is 0 Å². The van der Waals surface area contributed by atoms with Gasteiger partial charge in [0.1, 0.15) is 5.82 Å². The van der Waals surface area contributed by atoms with Crippen LogP contribution in [0.5, 0.6) is 0 Å². The van der Waals surface area contributed by atoms with Crippen molar-refractivity contribution in [2.24, 2.45) is 5.41 Å². The molecule has 0 aromatic heterocycles. The van der Waals surface area contributed by atoms with E-state index >= 15 is 0 Å². The SMILES string of the molecule is Cc1ccc(NC2c3cc(Cl)ccc3CC2(C)C)cc1F. The third-order valence-electron chi connectivity index (χ3n) is 4.33. The van der Waals surface area contributed by atoms with Gasteiger partial charge in [-0.2, -0.15) is 0 Å². The first-order chi connectivity index (χ1) is 9.87. The van der Waals surface area contributed by atoms with Crippen LogP contribution in [-0.4, -0.2) is 0 Å². The number of nitrogens with one attached hydrogen (secondary N) is 1. The Hall–Kier alpha value is -1.54. The molecule has 0 heterocycles. The van der Waals surface area contributed by atoms with Crippen LogP contribution in [0.2, 0.25) is 5.02 Å². The van der Waals surface area contributed by atoms with Crippen LogP contribution in [-0.2, 0) is 6.42 Å². The van der Waals surface area contributed by atoms with Gasteiger partial charge in [0.05, 0.1) is 6.04 Å². The van der Waals surface area contributed by atoms with Crippen LogP contribution in [0.3, 0.4) is 0 Å². The molecule has 1 aliphatic carbocycles. The minimum atomic E-state index is -0.179. The maximum Gasteiger partial charge on any atom is 0.128 e. The Kier molecular flexibility index (Phi) is 3.45. The average molecular weight is 304 g/mol. The van der Waals surface area contributed by atoms with Crippen LogP contribution in [0.1, 0.15) is 36.6 Å². The Bertz CT molecular complexity index is 694. The molecule has 0 saturated carbocycles. The standard InChI is InChI=1S/C18H19ClFN/c1-11-4-7-14(9-16(11)20)21-17-15-8-13(19)6-5-12(15)10-18(17,2)3/h4-9,17,21H,10H2,1-3H3. The summed E-state index contributed by atoms with van der Waals surface area (Å²) < 4.78 is 13.7. The van der Waals surface area contributed by atoms with Crippen molar-refractivity contribution >= 4 is 17.3 Å². The summed E-state index contributed by atoms with van der Waals surface area (Å²) in [7, 11) is 0. The molecule has 2 aromatic rings. The zero-order valence-electron chi connectivity index (χ0n) is 12.5. The second-order valence-corrected chi connectivity index (χ2v) is 6.99. The largest absolute Gasteiger partial charge is 0.378 e. The summed E-state index contributed by atoms with van der Waals surface area (Å²) in [6.45, 7) is 6.22. The number of hydrogen-bond donors (Lipinski definition) is 1. The molecule has 0 aliphatic heterocycles. The Morgan fingerprint density at radius 2 is 1.95 bits per heavy atom. The molecule has 0 fully saturated rings. The monoisotopic (exact) mass is 303 g/mol. The van der Waals surface area contributed by atoms with Crippen LogP contribution in [0.4, 0.5) is 10.1 Å². The fourth-order valence-corrected chi connectivity index (χ4v) is 3.31. The highest BCUT2D eigenvalue weighted by Gasteiger charge is 2.39. The molecule has 0 saturated heterocycles. The fraction of sp³-hybridized carbons (Fsp3) is 0.333. The van der Waals surface area contributed by atoms with Gasteiger partial charge in [0.15, 0.2) is 0 Å². The number of halogens is 2. The van der Waals surface area contributed by atoms with Crippen LogP contribution < -0.4 is 5.32 Å². The highest BCUT2D eigenvalue weighted by atomic mass is 35.5. The molecule has 0 bridgehead atoms. The molecule has 2 aromatic carbocycles. The molecule has 1 atom stereocenters. The van der Waals surface area contributed by atoms with Crippen molar-refractivity contribution in [1.29, 1.82) is 0 Å². The molecule has 0 amide bonds. The predicted molar refractivity (Wildman–Crippen MR) is 86.4 cm³/mol. The third-order valence-corrected chi connectivity index (χ3v) is 4.56. The molecule has 3 heteroatoms. The number of fused-ring (bicyclic) bond motifs is 1. The van der Waals surface area contributed by atoms with Crippen molar-refractivity contribution in [3.8, 4) is 0 Å². The number of aryl methyl sites for hydroxylation is 1. The van der Waals surface area contributed by atoms with E-state index in [0.717, 1.165) is 17.1 Å². The lowest BCUT2D eigenvalue weighted by atomic mass is 9.85. The van der Waals surface area contributed by atoms with Gasteiger partial charge in [-0.3, -0.25) is 0 Å². The summed E-state index contributed by atoms with van der Waals surface area (Å²) in [4.78, 5) is 0. The quantitative estimate of drug-likeness (QED) is 0.770. The van der Waals surface area contributed by atoms with E-state index in [0.29, 0.717) is 5.56 Å². The first kappa shape index (κ1) is 14.4. The number of rotatable bonds is 2. The Morgan fingerprint density at radius 3 is 2.67 bits per heavy atom. The first-order valence-corrected chi connectivity index (χ1v) is 7.56. The Labute approximate surface area is 130 Å². The maximum atomic E-state index is 13.7. The molecule has 1 nitrogen and oxygen atoms in total. The van der Waals surface area contributed by atoms with Crippen molar-refractivity contribution in [1.82, 2.24) is 0 Å². The molecular weight excluding hydrogens is 285 g/mol. The van der Waals surface area contributed by atoms with Gasteiger partial charge >= 0.3 is 0 Å². The molecule has 1 aliphatic rings. The summed E-state index contributed by atoms with van der Waals surface area (Å²) in [5.74, 6) is -0.179. The lowest BCUT2D eigenvalue weighted by Crippen LogP contribution is -2.24. The van der Waals surface area contributed by atoms with Gasteiger partial charge in [-0.1, -0.05) is 37.6 Å². The Morgan fingerprint density at radius 1 is 1.19 bits per heavy atom. The molecule has 110 valence electrons. The predicted octanol–water partition coefficient (Wildman–Crippen LogP) is 5.52. The molecular formula is C18H19ClFN. The van der Waals surface area contributed by atoms with E-state index < -0.39 is 0 Å². The molecule has 21 heavy (non-hydrogen) atoms. The van der Waals surface area contributed by atoms with Gasteiger partial charge in [-0.25, -0.2) is 4.39 Å². The molecule has 0 radical (unpaired) electrons. The van der Waals surface area contributed by atoms with Gasteiger partial charge < -0.3 is 5.32 Å². The zero-order valence-corrected chi connectivity index (χ0v) is 13.3. The van der Waals surface area contributed by atoms with Crippen LogP contribution in [0, 0.1) is 18.2 Å². The third kappa shape index (κ3) is 2.65. The number of hydrogen-bond acceptors (Lipinski definition) is 1. The van der Waals surface area contributed by atoms with E-state index in [-0.39, 0.29) is 17.3 Å². The zero-order chi connectivity index (χ0) is 15.2. The summed E-state index contributed by atoms with van der Waals surface area (Å²) in [5.41, 5.74) is 4.07.